The summed E-state index contributed by atoms with van der Waals surface area (Å²) < 4.78 is 21.0. The fraction of sp³-hybridized carbons (Fsp3) is 0.333. The van der Waals surface area contributed by atoms with Gasteiger partial charge in [-0.1, -0.05) is 37.3 Å². The van der Waals surface area contributed by atoms with E-state index in [-0.39, 0.29) is 29.4 Å². The van der Waals surface area contributed by atoms with E-state index in [0.717, 1.165) is 18.5 Å². The van der Waals surface area contributed by atoms with Crippen molar-refractivity contribution in [3.8, 4) is 6.07 Å². The Bertz CT molecular complexity index is 1580. The topological polar surface area (TPSA) is 85.7 Å². The van der Waals surface area contributed by atoms with Gasteiger partial charge < -0.3 is 14.2 Å². The molecule has 4 heterocycles. The third-order valence-corrected chi connectivity index (χ3v) is 8.77. The molecule has 0 bridgehead atoms. The highest BCUT2D eigenvalue weighted by Gasteiger charge is 2.34. The molecule has 1 aromatic carbocycles. The van der Waals surface area contributed by atoms with Gasteiger partial charge >= 0.3 is 0 Å². The van der Waals surface area contributed by atoms with Crippen molar-refractivity contribution in [3.05, 3.63) is 86.2 Å². The number of nitrogens with zero attached hydrogens (tertiary/aromatic N) is 5. The average Bonchev–Trinajstić information content (AvgIpc) is 3.58. The number of halogens is 1. The van der Waals surface area contributed by atoms with Crippen molar-refractivity contribution in [1.29, 1.82) is 5.26 Å². The van der Waals surface area contributed by atoms with Crippen LogP contribution in [0.4, 0.5) is 15.9 Å². The summed E-state index contributed by atoms with van der Waals surface area (Å²) in [6, 6.07) is 12.1. The lowest BCUT2D eigenvalue weighted by Gasteiger charge is -2.39. The van der Waals surface area contributed by atoms with Crippen LogP contribution >= 0.6 is 24.0 Å². The zero-order valence-electron chi connectivity index (χ0n) is 22.9. The van der Waals surface area contributed by atoms with Gasteiger partial charge in [-0.15, -0.1) is 0 Å². The molecule has 0 N–H and O–H groups in total. The van der Waals surface area contributed by atoms with Gasteiger partial charge in [-0.05, 0) is 61.4 Å². The lowest BCUT2D eigenvalue weighted by molar-refractivity contribution is -0.122. The van der Waals surface area contributed by atoms with E-state index in [2.05, 4.69) is 22.8 Å². The summed E-state index contributed by atoms with van der Waals surface area (Å²) in [5, 5.41) is 9.95. The number of unbranched alkanes of at least 4 members (excludes halogenated alkanes) is 1. The number of anilines is 2. The van der Waals surface area contributed by atoms with E-state index in [1.165, 1.54) is 28.8 Å². The lowest BCUT2D eigenvalue weighted by Crippen LogP contribution is -2.48. The highest BCUT2D eigenvalue weighted by molar-refractivity contribution is 8.26. The first-order valence-corrected chi connectivity index (χ1v) is 14.8. The Morgan fingerprint density at radius 1 is 1.12 bits per heavy atom. The number of thiocarbonyl (C=S) groups is 1. The van der Waals surface area contributed by atoms with Crippen LogP contribution in [-0.2, 0) is 17.9 Å². The molecule has 212 valence electrons. The lowest BCUT2D eigenvalue weighted by atomic mass is 10.0. The standard InChI is InChI=1S/C30H30FN5O3S2/c1-3-4-11-35-27(34-14-12-33(13-15-34)22-9-7-21(31)8-10-22)24(20(2)25(18-32)28(35)37)17-26-29(38)36(30(40)41-26)19-23-6-5-16-39-23/h5-10,16-17H,3-4,11-15,19H2,1-2H3/b26-17+. The predicted octanol–water partition coefficient (Wildman–Crippen LogP) is 5.29. The SMILES string of the molecule is CCCCn1c(N2CCN(c3ccc(F)cc3)CC2)c(/C=C2/SC(=S)N(Cc3ccco3)C2=O)c(C)c(C#N)c1=O. The number of carbonyl (C=O) groups is 1. The summed E-state index contributed by atoms with van der Waals surface area (Å²) in [4.78, 5) is 33.3. The Balaban J connectivity index is 1.54. The van der Waals surface area contributed by atoms with Crippen LogP contribution in [0.2, 0.25) is 0 Å². The molecular weight excluding hydrogens is 561 g/mol. The molecule has 41 heavy (non-hydrogen) atoms. The highest BCUT2D eigenvalue weighted by atomic mass is 32.2. The Morgan fingerprint density at radius 2 is 1.83 bits per heavy atom. The van der Waals surface area contributed by atoms with Gasteiger partial charge in [0, 0.05) is 44.0 Å². The van der Waals surface area contributed by atoms with Crippen LogP contribution in [0.15, 0.2) is 56.8 Å². The van der Waals surface area contributed by atoms with E-state index >= 15 is 0 Å². The van der Waals surface area contributed by atoms with E-state index < -0.39 is 0 Å². The van der Waals surface area contributed by atoms with E-state index in [1.54, 1.807) is 48.1 Å². The van der Waals surface area contributed by atoms with Gasteiger partial charge in [0.25, 0.3) is 11.5 Å². The van der Waals surface area contributed by atoms with Crippen molar-refractivity contribution < 1.29 is 13.6 Å². The Morgan fingerprint density at radius 3 is 2.46 bits per heavy atom. The monoisotopic (exact) mass is 591 g/mol. The third kappa shape index (κ3) is 5.80. The molecule has 2 aliphatic rings. The second kappa shape index (κ2) is 12.3. The van der Waals surface area contributed by atoms with Gasteiger partial charge in [0.05, 0.1) is 17.7 Å². The normalized spacial score (nSPS) is 16.6. The summed E-state index contributed by atoms with van der Waals surface area (Å²) in [6.07, 6.45) is 4.97. The van der Waals surface area contributed by atoms with E-state index in [9.17, 15) is 19.2 Å². The molecule has 3 aromatic rings. The summed E-state index contributed by atoms with van der Waals surface area (Å²) in [5.41, 5.74) is 1.90. The fourth-order valence-corrected chi connectivity index (χ4v) is 6.40. The molecule has 11 heteroatoms. The molecule has 5 rings (SSSR count). The van der Waals surface area contributed by atoms with Gasteiger partial charge in [-0.3, -0.25) is 19.1 Å². The van der Waals surface area contributed by atoms with Crippen LogP contribution in [0.5, 0.6) is 0 Å². The van der Waals surface area contributed by atoms with Crippen molar-refractivity contribution in [2.75, 3.05) is 36.0 Å². The zero-order valence-corrected chi connectivity index (χ0v) is 24.6. The highest BCUT2D eigenvalue weighted by Crippen LogP contribution is 2.37. The Kier molecular flexibility index (Phi) is 8.61. The molecule has 0 atom stereocenters. The van der Waals surface area contributed by atoms with Crippen LogP contribution in [0.1, 0.15) is 42.2 Å². The molecule has 2 aliphatic heterocycles. The van der Waals surface area contributed by atoms with Gasteiger partial charge in [0.1, 0.15) is 33.3 Å². The van der Waals surface area contributed by atoms with Crippen molar-refractivity contribution in [1.82, 2.24) is 9.47 Å². The minimum Gasteiger partial charge on any atom is -0.467 e. The van der Waals surface area contributed by atoms with Crippen molar-refractivity contribution in [2.45, 2.75) is 39.8 Å². The number of furan rings is 1. The number of amides is 1. The number of thioether (sulfide) groups is 1. The molecule has 2 fully saturated rings. The maximum Gasteiger partial charge on any atom is 0.270 e. The third-order valence-electron chi connectivity index (χ3n) is 7.40. The van der Waals surface area contributed by atoms with Crippen LogP contribution in [-0.4, -0.2) is 45.9 Å². The number of rotatable bonds is 8. The van der Waals surface area contributed by atoms with Gasteiger partial charge in [-0.25, -0.2) is 4.39 Å². The quantitative estimate of drug-likeness (QED) is 0.258. The molecule has 2 saturated heterocycles. The molecule has 8 nitrogen and oxygen atoms in total. The number of hydrogen-bond donors (Lipinski definition) is 0. The number of piperazine rings is 1. The van der Waals surface area contributed by atoms with Gasteiger partial charge in [0.15, 0.2) is 0 Å². The number of carbonyl (C=O) groups excluding carboxylic acids is 1. The summed E-state index contributed by atoms with van der Waals surface area (Å²) in [7, 11) is 0. The minimum absolute atomic E-state index is 0.0760. The average molecular weight is 592 g/mol. The number of hydrogen-bond acceptors (Lipinski definition) is 8. The van der Waals surface area contributed by atoms with E-state index in [4.69, 9.17) is 16.6 Å². The largest absolute Gasteiger partial charge is 0.467 e. The maximum absolute atomic E-state index is 13.6. The summed E-state index contributed by atoms with van der Waals surface area (Å²) in [5.74, 6) is 0.806. The zero-order chi connectivity index (χ0) is 29.1. The van der Waals surface area contributed by atoms with E-state index in [1.807, 2.05) is 0 Å². The Labute approximate surface area is 247 Å². The van der Waals surface area contributed by atoms with Gasteiger partial charge in [-0.2, -0.15) is 5.26 Å². The minimum atomic E-state index is -0.322. The van der Waals surface area contributed by atoms with Crippen molar-refractivity contribution >= 4 is 51.8 Å². The van der Waals surface area contributed by atoms with Crippen LogP contribution < -0.4 is 15.4 Å². The van der Waals surface area contributed by atoms with Crippen LogP contribution in [0, 0.1) is 24.1 Å². The summed E-state index contributed by atoms with van der Waals surface area (Å²) >= 11 is 6.74. The summed E-state index contributed by atoms with van der Waals surface area (Å²) in [6.45, 7) is 7.04. The fourth-order valence-electron chi connectivity index (χ4n) is 5.16. The molecule has 0 saturated carbocycles. The Hall–Kier alpha value is -3.88. The molecule has 1 amide bonds. The first-order chi connectivity index (χ1) is 19.8. The van der Waals surface area contributed by atoms with Crippen LogP contribution in [0.3, 0.4) is 0 Å². The number of pyridine rings is 1. The molecule has 2 aromatic heterocycles. The maximum atomic E-state index is 13.6. The predicted molar refractivity (Wildman–Crippen MR) is 163 cm³/mol. The molecule has 0 radical (unpaired) electrons. The molecular formula is C30H30FN5O3S2. The smallest absolute Gasteiger partial charge is 0.270 e. The van der Waals surface area contributed by atoms with E-state index in [0.29, 0.717) is 64.7 Å². The number of aromatic nitrogens is 1. The van der Waals surface area contributed by atoms with Crippen molar-refractivity contribution in [3.63, 3.8) is 0 Å². The molecule has 0 aliphatic carbocycles. The number of benzene rings is 1. The first kappa shape index (κ1) is 28.6. The molecule has 0 spiro atoms. The van der Waals surface area contributed by atoms with Crippen molar-refractivity contribution in [2.24, 2.45) is 0 Å². The molecule has 0 unspecified atom stereocenters. The second-order valence-corrected chi connectivity index (χ2v) is 11.6. The van der Waals surface area contributed by atoms with Crippen LogP contribution in [0.25, 0.3) is 6.08 Å². The number of nitriles is 1. The van der Waals surface area contributed by atoms with Gasteiger partial charge in [0.2, 0.25) is 0 Å². The first-order valence-electron chi connectivity index (χ1n) is 13.5. The second-order valence-electron chi connectivity index (χ2n) is 9.96.